The Morgan fingerprint density at radius 1 is 1.25 bits per heavy atom. The van der Waals surface area contributed by atoms with E-state index in [2.05, 4.69) is 17.6 Å². The van der Waals surface area contributed by atoms with Crippen LogP contribution < -0.4 is 15.4 Å². The van der Waals surface area contributed by atoms with Crippen LogP contribution in [0.25, 0.3) is 0 Å². The summed E-state index contributed by atoms with van der Waals surface area (Å²) in [5, 5.41) is 6.70. The second-order valence-electron chi connectivity index (χ2n) is 4.48. The van der Waals surface area contributed by atoms with Gasteiger partial charge in [-0.25, -0.2) is 0 Å². The fourth-order valence-corrected chi connectivity index (χ4v) is 1.85. The molecule has 4 nitrogen and oxygen atoms in total. The van der Waals surface area contributed by atoms with Gasteiger partial charge in [-0.15, -0.1) is 0 Å². The number of carbonyl (C=O) groups is 1. The molecule has 0 saturated heterocycles. The Hall–Kier alpha value is -1.26. The second-order valence-corrected chi connectivity index (χ2v) is 4.89. The second kappa shape index (κ2) is 10.5. The SMILES string of the molecule is CCCNCCNC(=O)CCCOc1ccccc1Cl. The zero-order chi connectivity index (χ0) is 14.6. The number of rotatable bonds is 10. The first-order valence-electron chi connectivity index (χ1n) is 7.08. The van der Waals surface area contributed by atoms with Crippen LogP contribution in [0, 0.1) is 0 Å². The van der Waals surface area contributed by atoms with Crippen molar-refractivity contribution in [2.45, 2.75) is 26.2 Å². The van der Waals surface area contributed by atoms with E-state index in [1.54, 1.807) is 6.07 Å². The third-order valence-corrected chi connectivity index (χ3v) is 3.01. The summed E-state index contributed by atoms with van der Waals surface area (Å²) < 4.78 is 5.52. The van der Waals surface area contributed by atoms with Crippen LogP contribution in [0.2, 0.25) is 5.02 Å². The van der Waals surface area contributed by atoms with Gasteiger partial charge in [0, 0.05) is 19.5 Å². The minimum atomic E-state index is 0.0612. The van der Waals surface area contributed by atoms with Gasteiger partial charge in [0.05, 0.1) is 11.6 Å². The van der Waals surface area contributed by atoms with Gasteiger partial charge in [-0.05, 0) is 31.5 Å². The van der Waals surface area contributed by atoms with E-state index < -0.39 is 0 Å². The standard InChI is InChI=1S/C15H23ClN2O2/c1-2-9-17-10-11-18-15(19)8-5-12-20-14-7-4-3-6-13(14)16/h3-4,6-7,17H,2,5,8-12H2,1H3,(H,18,19). The first-order valence-corrected chi connectivity index (χ1v) is 7.46. The molecule has 1 aromatic carbocycles. The molecule has 0 radical (unpaired) electrons. The maximum Gasteiger partial charge on any atom is 0.220 e. The third kappa shape index (κ3) is 7.36. The Morgan fingerprint density at radius 2 is 2.05 bits per heavy atom. The molecule has 112 valence electrons. The Labute approximate surface area is 125 Å². The van der Waals surface area contributed by atoms with E-state index >= 15 is 0 Å². The average Bonchev–Trinajstić information content (AvgIpc) is 2.45. The zero-order valence-electron chi connectivity index (χ0n) is 12.0. The molecule has 0 unspecified atom stereocenters. The molecule has 20 heavy (non-hydrogen) atoms. The maximum atomic E-state index is 11.5. The van der Waals surface area contributed by atoms with Crippen molar-refractivity contribution in [3.05, 3.63) is 29.3 Å². The van der Waals surface area contributed by atoms with Crippen LogP contribution in [0.1, 0.15) is 26.2 Å². The molecule has 0 aromatic heterocycles. The van der Waals surface area contributed by atoms with Crippen molar-refractivity contribution in [3.8, 4) is 5.75 Å². The summed E-state index contributed by atoms with van der Waals surface area (Å²) in [6, 6.07) is 7.33. The number of ether oxygens (including phenoxy) is 1. The molecule has 1 aromatic rings. The van der Waals surface area contributed by atoms with Gasteiger partial charge < -0.3 is 15.4 Å². The number of para-hydroxylation sites is 1. The number of nitrogens with one attached hydrogen (secondary N) is 2. The Kier molecular flexibility index (Phi) is 8.83. The fourth-order valence-electron chi connectivity index (χ4n) is 1.66. The van der Waals surface area contributed by atoms with Crippen molar-refractivity contribution in [2.75, 3.05) is 26.2 Å². The van der Waals surface area contributed by atoms with E-state index in [0.717, 1.165) is 19.5 Å². The van der Waals surface area contributed by atoms with Gasteiger partial charge in [-0.2, -0.15) is 0 Å². The highest BCUT2D eigenvalue weighted by Crippen LogP contribution is 2.23. The minimum Gasteiger partial charge on any atom is -0.492 e. The molecule has 1 rings (SSSR count). The minimum absolute atomic E-state index is 0.0612. The molecule has 0 heterocycles. The summed E-state index contributed by atoms with van der Waals surface area (Å²) in [4.78, 5) is 11.5. The van der Waals surface area contributed by atoms with E-state index in [1.165, 1.54) is 0 Å². The summed E-state index contributed by atoms with van der Waals surface area (Å²) in [7, 11) is 0. The lowest BCUT2D eigenvalue weighted by Crippen LogP contribution is -2.32. The van der Waals surface area contributed by atoms with Gasteiger partial charge in [0.1, 0.15) is 5.75 Å². The molecule has 0 saturated carbocycles. The number of carbonyl (C=O) groups excluding carboxylic acids is 1. The van der Waals surface area contributed by atoms with Crippen LogP contribution >= 0.6 is 11.6 Å². The lowest BCUT2D eigenvalue weighted by Gasteiger charge is -2.08. The van der Waals surface area contributed by atoms with Crippen molar-refractivity contribution in [2.24, 2.45) is 0 Å². The van der Waals surface area contributed by atoms with Crippen LogP contribution in [0.4, 0.5) is 0 Å². The van der Waals surface area contributed by atoms with Gasteiger partial charge in [0.25, 0.3) is 0 Å². The number of hydrogen-bond acceptors (Lipinski definition) is 3. The largest absolute Gasteiger partial charge is 0.492 e. The van der Waals surface area contributed by atoms with Gasteiger partial charge in [-0.1, -0.05) is 30.7 Å². The van der Waals surface area contributed by atoms with E-state index in [1.807, 2.05) is 18.2 Å². The Bertz CT molecular complexity index is 399. The molecular formula is C15H23ClN2O2. The monoisotopic (exact) mass is 298 g/mol. The van der Waals surface area contributed by atoms with E-state index in [9.17, 15) is 4.79 Å². The summed E-state index contributed by atoms with van der Waals surface area (Å²) >= 11 is 5.96. The lowest BCUT2D eigenvalue weighted by molar-refractivity contribution is -0.121. The molecule has 0 aliphatic heterocycles. The molecule has 0 bridgehead atoms. The molecule has 5 heteroatoms. The molecule has 2 N–H and O–H groups in total. The van der Waals surface area contributed by atoms with Crippen LogP contribution in [0.3, 0.4) is 0 Å². The predicted molar refractivity (Wildman–Crippen MR) is 82.4 cm³/mol. The van der Waals surface area contributed by atoms with Crippen LogP contribution in [-0.2, 0) is 4.79 Å². The van der Waals surface area contributed by atoms with Gasteiger partial charge in [-0.3, -0.25) is 4.79 Å². The highest BCUT2D eigenvalue weighted by atomic mass is 35.5. The molecular weight excluding hydrogens is 276 g/mol. The van der Waals surface area contributed by atoms with E-state index in [-0.39, 0.29) is 5.91 Å². The summed E-state index contributed by atoms with van der Waals surface area (Å²) in [6.07, 6.45) is 2.25. The van der Waals surface area contributed by atoms with Crippen LogP contribution in [0.5, 0.6) is 5.75 Å². The van der Waals surface area contributed by atoms with Crippen molar-refractivity contribution in [3.63, 3.8) is 0 Å². The smallest absolute Gasteiger partial charge is 0.220 e. The summed E-state index contributed by atoms with van der Waals surface area (Å²) in [5.41, 5.74) is 0. The Morgan fingerprint density at radius 3 is 2.80 bits per heavy atom. The summed E-state index contributed by atoms with van der Waals surface area (Å²) in [6.45, 7) is 5.08. The average molecular weight is 299 g/mol. The highest BCUT2D eigenvalue weighted by Gasteiger charge is 2.02. The van der Waals surface area contributed by atoms with Crippen molar-refractivity contribution >= 4 is 17.5 Å². The predicted octanol–water partition coefficient (Wildman–Crippen LogP) is 2.61. The molecule has 1 amide bonds. The quantitative estimate of drug-likeness (QED) is 0.653. The number of benzene rings is 1. The number of amides is 1. The first kappa shape index (κ1) is 16.8. The van der Waals surface area contributed by atoms with Gasteiger partial charge in [0.2, 0.25) is 5.91 Å². The molecule has 0 fully saturated rings. The zero-order valence-corrected chi connectivity index (χ0v) is 12.7. The number of halogens is 1. The fraction of sp³-hybridized carbons (Fsp3) is 0.533. The molecule has 0 spiro atoms. The molecule has 0 aliphatic carbocycles. The van der Waals surface area contributed by atoms with Crippen LogP contribution in [0.15, 0.2) is 24.3 Å². The molecule has 0 aliphatic rings. The van der Waals surface area contributed by atoms with Crippen LogP contribution in [-0.4, -0.2) is 32.1 Å². The third-order valence-electron chi connectivity index (χ3n) is 2.69. The van der Waals surface area contributed by atoms with E-state index in [0.29, 0.717) is 36.8 Å². The highest BCUT2D eigenvalue weighted by molar-refractivity contribution is 6.32. The van der Waals surface area contributed by atoms with E-state index in [4.69, 9.17) is 16.3 Å². The molecule has 0 atom stereocenters. The topological polar surface area (TPSA) is 50.4 Å². The van der Waals surface area contributed by atoms with Crippen molar-refractivity contribution in [1.29, 1.82) is 0 Å². The van der Waals surface area contributed by atoms with Gasteiger partial charge in [0.15, 0.2) is 0 Å². The number of hydrogen-bond donors (Lipinski definition) is 2. The normalized spacial score (nSPS) is 10.3. The Balaban J connectivity index is 2.03. The lowest BCUT2D eigenvalue weighted by atomic mass is 10.3. The van der Waals surface area contributed by atoms with Crippen molar-refractivity contribution < 1.29 is 9.53 Å². The van der Waals surface area contributed by atoms with Crippen molar-refractivity contribution in [1.82, 2.24) is 10.6 Å². The first-order chi connectivity index (χ1) is 9.74. The van der Waals surface area contributed by atoms with Gasteiger partial charge >= 0.3 is 0 Å². The summed E-state index contributed by atoms with van der Waals surface area (Å²) in [5.74, 6) is 0.726. The maximum absolute atomic E-state index is 11.5.